The van der Waals surface area contributed by atoms with Gasteiger partial charge in [0.25, 0.3) is 0 Å². The van der Waals surface area contributed by atoms with Crippen molar-refractivity contribution in [2.75, 3.05) is 0 Å². The summed E-state index contributed by atoms with van der Waals surface area (Å²) in [5, 5.41) is 0. The molecule has 0 spiro atoms. The molecule has 0 heterocycles. The first-order valence-corrected chi connectivity index (χ1v) is 6.43. The summed E-state index contributed by atoms with van der Waals surface area (Å²) in [7, 11) is 0. The molecule has 0 amide bonds. The van der Waals surface area contributed by atoms with Crippen LogP contribution in [0.3, 0.4) is 0 Å². The third kappa shape index (κ3) is 2.28. The zero-order valence-corrected chi connectivity index (χ0v) is 11.0. The summed E-state index contributed by atoms with van der Waals surface area (Å²) in [4.78, 5) is 0. The van der Waals surface area contributed by atoms with E-state index in [1.54, 1.807) is 0 Å². The molecule has 1 aliphatic carbocycles. The molecule has 15 heavy (non-hydrogen) atoms. The van der Waals surface area contributed by atoms with E-state index < -0.39 is 0 Å². The number of allylic oxidation sites excluding steroid dienone is 1. The fraction of sp³-hybridized carbons (Fsp3) is 0.857. The van der Waals surface area contributed by atoms with Crippen LogP contribution in [-0.2, 0) is 0 Å². The summed E-state index contributed by atoms with van der Waals surface area (Å²) in [6.07, 6.45) is 6.86. The molecular formula is C14H27N. The summed E-state index contributed by atoms with van der Waals surface area (Å²) >= 11 is 0. The summed E-state index contributed by atoms with van der Waals surface area (Å²) < 4.78 is 0. The van der Waals surface area contributed by atoms with Gasteiger partial charge in [-0.15, -0.1) is 0 Å². The summed E-state index contributed by atoms with van der Waals surface area (Å²) in [6.45, 7) is 11.4. The molecule has 0 saturated carbocycles. The van der Waals surface area contributed by atoms with Crippen LogP contribution in [0.2, 0.25) is 0 Å². The Labute approximate surface area is 95.1 Å². The van der Waals surface area contributed by atoms with Crippen molar-refractivity contribution in [2.45, 2.75) is 53.0 Å². The molecule has 0 aromatic rings. The molecule has 1 rings (SSSR count). The lowest BCUT2D eigenvalue weighted by atomic mass is 9.62. The van der Waals surface area contributed by atoms with Crippen LogP contribution in [0.1, 0.15) is 47.5 Å². The van der Waals surface area contributed by atoms with E-state index >= 15 is 0 Å². The van der Waals surface area contributed by atoms with Crippen LogP contribution in [0.15, 0.2) is 12.2 Å². The number of nitrogens with two attached hydrogens (primary N) is 1. The first-order valence-electron chi connectivity index (χ1n) is 6.43. The molecule has 0 aromatic carbocycles. The Morgan fingerprint density at radius 2 is 1.67 bits per heavy atom. The van der Waals surface area contributed by atoms with Crippen molar-refractivity contribution in [2.24, 2.45) is 29.4 Å². The lowest BCUT2D eigenvalue weighted by Gasteiger charge is -2.46. The summed E-state index contributed by atoms with van der Waals surface area (Å²) in [6, 6.07) is 0. The summed E-state index contributed by atoms with van der Waals surface area (Å²) in [5.74, 6) is 2.81. The Bertz CT molecular complexity index is 225. The van der Waals surface area contributed by atoms with Gasteiger partial charge >= 0.3 is 0 Å². The van der Waals surface area contributed by atoms with Crippen LogP contribution >= 0.6 is 0 Å². The van der Waals surface area contributed by atoms with E-state index in [2.05, 4.69) is 46.8 Å². The topological polar surface area (TPSA) is 26.0 Å². The quantitative estimate of drug-likeness (QED) is 0.688. The van der Waals surface area contributed by atoms with Gasteiger partial charge in [0.2, 0.25) is 0 Å². The minimum atomic E-state index is 0.0303. The number of rotatable bonds is 5. The Hall–Kier alpha value is -0.300. The predicted octanol–water partition coefficient (Wildman–Crippen LogP) is 3.60. The average molecular weight is 209 g/mol. The molecule has 1 nitrogen and oxygen atoms in total. The molecule has 2 N–H and O–H groups in total. The van der Waals surface area contributed by atoms with Gasteiger partial charge in [-0.1, -0.05) is 46.8 Å². The van der Waals surface area contributed by atoms with Crippen LogP contribution in [0.5, 0.6) is 0 Å². The summed E-state index contributed by atoms with van der Waals surface area (Å²) in [5.41, 5.74) is 6.51. The van der Waals surface area contributed by atoms with Gasteiger partial charge in [-0.25, -0.2) is 0 Å². The van der Waals surface area contributed by atoms with Crippen LogP contribution in [0, 0.1) is 23.7 Å². The first-order chi connectivity index (χ1) is 6.96. The number of hydrogen-bond acceptors (Lipinski definition) is 1. The Kier molecular flexibility index (Phi) is 3.99. The minimum absolute atomic E-state index is 0.0303. The van der Waals surface area contributed by atoms with Crippen molar-refractivity contribution in [1.29, 1.82) is 0 Å². The maximum atomic E-state index is 6.48. The van der Waals surface area contributed by atoms with Crippen molar-refractivity contribution in [3.63, 3.8) is 0 Å². The standard InChI is InChI=1S/C14H27N/c1-6-14(15,7-2)13-9-8-12(13)11(5)10(3)4/h8-13H,6-7,15H2,1-5H3/t11-,12+,13?/m0/s1. The van der Waals surface area contributed by atoms with Crippen LogP contribution < -0.4 is 5.73 Å². The van der Waals surface area contributed by atoms with E-state index in [9.17, 15) is 0 Å². The van der Waals surface area contributed by atoms with Gasteiger partial charge in [0.15, 0.2) is 0 Å². The van der Waals surface area contributed by atoms with E-state index in [0.717, 1.165) is 24.7 Å². The molecular weight excluding hydrogens is 182 g/mol. The second kappa shape index (κ2) is 4.69. The SMILES string of the molecule is CCC(N)(CC)C1C=C[C@@H]1[C@@H](C)C(C)C. The predicted molar refractivity (Wildman–Crippen MR) is 67.6 cm³/mol. The highest BCUT2D eigenvalue weighted by Gasteiger charge is 2.41. The van der Waals surface area contributed by atoms with Gasteiger partial charge in [-0.3, -0.25) is 0 Å². The van der Waals surface area contributed by atoms with E-state index in [0.29, 0.717) is 11.8 Å². The molecule has 1 heteroatoms. The largest absolute Gasteiger partial charge is 0.325 e. The van der Waals surface area contributed by atoms with Crippen molar-refractivity contribution in [3.05, 3.63) is 12.2 Å². The van der Waals surface area contributed by atoms with Crippen molar-refractivity contribution >= 4 is 0 Å². The van der Waals surface area contributed by atoms with Gasteiger partial charge in [0.05, 0.1) is 0 Å². The van der Waals surface area contributed by atoms with Crippen LogP contribution in [-0.4, -0.2) is 5.54 Å². The van der Waals surface area contributed by atoms with Crippen molar-refractivity contribution in [3.8, 4) is 0 Å². The van der Waals surface area contributed by atoms with E-state index in [4.69, 9.17) is 5.73 Å². The second-order valence-electron chi connectivity index (χ2n) is 5.53. The van der Waals surface area contributed by atoms with Gasteiger partial charge < -0.3 is 5.73 Å². The zero-order valence-electron chi connectivity index (χ0n) is 11.0. The molecule has 0 fully saturated rings. The second-order valence-corrected chi connectivity index (χ2v) is 5.53. The highest BCUT2D eigenvalue weighted by molar-refractivity contribution is 5.18. The van der Waals surface area contributed by atoms with Gasteiger partial charge in [0, 0.05) is 11.5 Å². The fourth-order valence-corrected chi connectivity index (χ4v) is 2.59. The van der Waals surface area contributed by atoms with Crippen LogP contribution in [0.4, 0.5) is 0 Å². The maximum Gasteiger partial charge on any atom is 0.0218 e. The molecule has 1 unspecified atom stereocenters. The molecule has 0 saturated heterocycles. The lowest BCUT2D eigenvalue weighted by Crippen LogP contribution is -2.52. The maximum absolute atomic E-state index is 6.48. The number of hydrogen-bond donors (Lipinski definition) is 1. The Morgan fingerprint density at radius 1 is 1.13 bits per heavy atom. The lowest BCUT2D eigenvalue weighted by molar-refractivity contribution is 0.154. The smallest absolute Gasteiger partial charge is 0.0218 e. The van der Waals surface area contributed by atoms with E-state index in [-0.39, 0.29) is 5.54 Å². The highest BCUT2D eigenvalue weighted by atomic mass is 14.8. The molecule has 0 bridgehead atoms. The van der Waals surface area contributed by atoms with Crippen molar-refractivity contribution in [1.82, 2.24) is 0 Å². The normalized spacial score (nSPS) is 27.9. The van der Waals surface area contributed by atoms with E-state index in [1.165, 1.54) is 0 Å². The monoisotopic (exact) mass is 209 g/mol. The third-order valence-electron chi connectivity index (χ3n) is 4.59. The molecule has 88 valence electrons. The molecule has 0 aromatic heterocycles. The van der Waals surface area contributed by atoms with Gasteiger partial charge in [0.1, 0.15) is 0 Å². The third-order valence-corrected chi connectivity index (χ3v) is 4.59. The highest BCUT2D eigenvalue weighted by Crippen LogP contribution is 2.43. The van der Waals surface area contributed by atoms with Gasteiger partial charge in [-0.2, -0.15) is 0 Å². The molecule has 0 radical (unpaired) electrons. The Balaban J connectivity index is 2.71. The molecule has 3 atom stereocenters. The average Bonchev–Trinajstić information content (AvgIpc) is 2.15. The first kappa shape index (κ1) is 12.8. The van der Waals surface area contributed by atoms with Gasteiger partial charge in [-0.05, 0) is 30.6 Å². The molecule has 1 aliphatic rings. The van der Waals surface area contributed by atoms with E-state index in [1.807, 2.05) is 0 Å². The van der Waals surface area contributed by atoms with Crippen molar-refractivity contribution < 1.29 is 0 Å². The fourth-order valence-electron chi connectivity index (χ4n) is 2.59. The van der Waals surface area contributed by atoms with Crippen LogP contribution in [0.25, 0.3) is 0 Å². The minimum Gasteiger partial charge on any atom is -0.325 e. The molecule has 0 aliphatic heterocycles. The zero-order chi connectivity index (χ0) is 11.6. The Morgan fingerprint density at radius 3 is 1.93 bits per heavy atom.